The van der Waals surface area contributed by atoms with Gasteiger partial charge in [-0.1, -0.05) is 26.2 Å². The zero-order chi connectivity index (χ0) is 14.3. The number of unbranched alkanes of at least 4 members (excludes halogenated alkanes) is 3. The molecule has 1 aromatic carbocycles. The van der Waals surface area contributed by atoms with Crippen LogP contribution in [0.1, 0.15) is 56.3 Å². The van der Waals surface area contributed by atoms with Gasteiger partial charge in [0.2, 0.25) is 0 Å². The van der Waals surface area contributed by atoms with Crippen LogP contribution in [0.2, 0.25) is 0 Å². The van der Waals surface area contributed by atoms with E-state index in [0.29, 0.717) is 5.56 Å². The van der Waals surface area contributed by atoms with Crippen molar-refractivity contribution in [2.75, 3.05) is 0 Å². The Morgan fingerprint density at radius 3 is 2.79 bits per heavy atom. The van der Waals surface area contributed by atoms with Crippen molar-refractivity contribution >= 4 is 34.5 Å². The highest BCUT2D eigenvalue weighted by molar-refractivity contribution is 9.10. The van der Waals surface area contributed by atoms with Crippen LogP contribution in [0.25, 0.3) is 0 Å². The number of benzene rings is 1. The Kier molecular flexibility index (Phi) is 7.54. The van der Waals surface area contributed by atoms with Crippen LogP contribution < -0.4 is 0 Å². The average Bonchev–Trinajstić information content (AvgIpc) is 2.37. The first-order chi connectivity index (χ1) is 9.04. The average molecular weight is 345 g/mol. The van der Waals surface area contributed by atoms with Crippen LogP contribution in [-0.4, -0.2) is 12.1 Å². The molecule has 0 amide bonds. The van der Waals surface area contributed by atoms with Crippen LogP contribution in [-0.2, 0) is 4.74 Å². The Morgan fingerprint density at radius 2 is 2.11 bits per heavy atom. The lowest BCUT2D eigenvalue weighted by Crippen LogP contribution is -2.15. The number of halogens is 1. The molecule has 0 bridgehead atoms. The Bertz CT molecular complexity index is 421. The van der Waals surface area contributed by atoms with E-state index in [0.717, 1.165) is 22.2 Å². The summed E-state index contributed by atoms with van der Waals surface area (Å²) in [6.45, 7) is 4.13. The van der Waals surface area contributed by atoms with Crippen molar-refractivity contribution in [3.8, 4) is 0 Å². The molecule has 0 fully saturated rings. The maximum absolute atomic E-state index is 12.0. The summed E-state index contributed by atoms with van der Waals surface area (Å²) < 4.78 is 6.19. The van der Waals surface area contributed by atoms with Crippen LogP contribution in [0.4, 0.5) is 0 Å². The Hall–Kier alpha value is -0.480. The summed E-state index contributed by atoms with van der Waals surface area (Å²) in [5, 5.41) is 0. The van der Waals surface area contributed by atoms with Gasteiger partial charge >= 0.3 is 5.97 Å². The molecule has 0 N–H and O–H groups in total. The second-order valence-corrected chi connectivity index (χ2v) is 6.10. The highest BCUT2D eigenvalue weighted by Gasteiger charge is 2.15. The van der Waals surface area contributed by atoms with Crippen LogP contribution >= 0.6 is 28.6 Å². The third kappa shape index (κ3) is 6.00. The lowest BCUT2D eigenvalue weighted by Gasteiger charge is -2.14. The van der Waals surface area contributed by atoms with Gasteiger partial charge in [-0.05, 0) is 53.9 Å². The number of carbonyl (C=O) groups is 1. The Morgan fingerprint density at radius 1 is 1.37 bits per heavy atom. The third-order valence-corrected chi connectivity index (χ3v) is 3.91. The van der Waals surface area contributed by atoms with Crippen molar-refractivity contribution in [1.82, 2.24) is 0 Å². The molecule has 2 nitrogen and oxygen atoms in total. The van der Waals surface area contributed by atoms with E-state index < -0.39 is 0 Å². The van der Waals surface area contributed by atoms with E-state index >= 15 is 0 Å². The molecular weight excluding hydrogens is 324 g/mol. The lowest BCUT2D eigenvalue weighted by molar-refractivity contribution is 0.0318. The first-order valence-electron chi connectivity index (χ1n) is 6.74. The summed E-state index contributed by atoms with van der Waals surface area (Å²) in [6.07, 6.45) is 5.65. The molecule has 1 unspecified atom stereocenters. The number of rotatable bonds is 7. The minimum Gasteiger partial charge on any atom is -0.459 e. The number of ether oxygens (including phenoxy) is 1. The van der Waals surface area contributed by atoms with Crippen LogP contribution in [0.3, 0.4) is 0 Å². The maximum Gasteiger partial charge on any atom is 0.339 e. The van der Waals surface area contributed by atoms with Crippen molar-refractivity contribution < 1.29 is 9.53 Å². The third-order valence-electron chi connectivity index (χ3n) is 2.94. The molecular formula is C15H21BrO2S. The molecule has 1 rings (SSSR count). The van der Waals surface area contributed by atoms with E-state index in [2.05, 4.69) is 35.5 Å². The lowest BCUT2D eigenvalue weighted by atomic mass is 10.1. The van der Waals surface area contributed by atoms with E-state index in [9.17, 15) is 4.79 Å². The molecule has 0 aliphatic rings. The van der Waals surface area contributed by atoms with Gasteiger partial charge in [0.05, 0.1) is 11.7 Å². The monoisotopic (exact) mass is 344 g/mol. The number of esters is 1. The smallest absolute Gasteiger partial charge is 0.339 e. The molecule has 0 saturated heterocycles. The molecule has 0 heterocycles. The Balaban J connectivity index is 2.47. The van der Waals surface area contributed by atoms with Gasteiger partial charge in [0.25, 0.3) is 0 Å². The molecule has 0 aliphatic heterocycles. The number of hydrogen-bond donors (Lipinski definition) is 1. The zero-order valence-electron chi connectivity index (χ0n) is 11.5. The highest BCUT2D eigenvalue weighted by atomic mass is 79.9. The molecule has 4 heteroatoms. The van der Waals surface area contributed by atoms with E-state index in [1.807, 2.05) is 19.1 Å². The SMILES string of the molecule is CCCCCCC(C)OC(=O)c1cc(S)ccc1Br. The van der Waals surface area contributed by atoms with E-state index in [1.54, 1.807) is 6.07 Å². The summed E-state index contributed by atoms with van der Waals surface area (Å²) in [5.74, 6) is -0.286. The fraction of sp³-hybridized carbons (Fsp3) is 0.533. The van der Waals surface area contributed by atoms with Crippen molar-refractivity contribution in [2.24, 2.45) is 0 Å². The topological polar surface area (TPSA) is 26.3 Å². The summed E-state index contributed by atoms with van der Waals surface area (Å²) in [4.78, 5) is 12.8. The summed E-state index contributed by atoms with van der Waals surface area (Å²) >= 11 is 7.60. The molecule has 1 aromatic rings. The molecule has 0 aromatic heterocycles. The standard InChI is InChI=1S/C15H21BrO2S/c1-3-4-5-6-7-11(2)18-15(17)13-10-12(19)8-9-14(13)16/h8-11,19H,3-7H2,1-2H3. The van der Waals surface area contributed by atoms with Gasteiger partial charge in [-0.3, -0.25) is 0 Å². The largest absolute Gasteiger partial charge is 0.459 e. The molecule has 0 spiro atoms. The van der Waals surface area contributed by atoms with Crippen LogP contribution in [0, 0.1) is 0 Å². The second kappa shape index (κ2) is 8.64. The molecule has 1 atom stereocenters. The molecule has 0 radical (unpaired) electrons. The minimum absolute atomic E-state index is 0.0418. The number of thiol groups is 1. The van der Waals surface area contributed by atoms with Crippen molar-refractivity contribution in [2.45, 2.75) is 57.0 Å². The van der Waals surface area contributed by atoms with Gasteiger partial charge in [0.1, 0.15) is 0 Å². The van der Waals surface area contributed by atoms with Crippen LogP contribution in [0.5, 0.6) is 0 Å². The predicted octanol–water partition coefficient (Wildman–Crippen LogP) is 5.25. The molecule has 19 heavy (non-hydrogen) atoms. The fourth-order valence-corrected chi connectivity index (χ4v) is 2.45. The number of carbonyl (C=O) groups excluding carboxylic acids is 1. The van der Waals surface area contributed by atoms with Gasteiger partial charge in [-0.2, -0.15) is 0 Å². The Labute approximate surface area is 129 Å². The summed E-state index contributed by atoms with van der Waals surface area (Å²) in [6, 6.07) is 5.36. The summed E-state index contributed by atoms with van der Waals surface area (Å²) in [5.41, 5.74) is 0.535. The molecule has 106 valence electrons. The highest BCUT2D eigenvalue weighted by Crippen LogP contribution is 2.22. The van der Waals surface area contributed by atoms with Gasteiger partial charge in [0, 0.05) is 9.37 Å². The van der Waals surface area contributed by atoms with Gasteiger partial charge in [-0.15, -0.1) is 12.6 Å². The quantitative estimate of drug-likeness (QED) is 0.415. The predicted molar refractivity (Wildman–Crippen MR) is 85.0 cm³/mol. The molecule has 0 saturated carbocycles. The number of hydrogen-bond acceptors (Lipinski definition) is 3. The maximum atomic E-state index is 12.0. The van der Waals surface area contributed by atoms with E-state index in [4.69, 9.17) is 4.74 Å². The first kappa shape index (κ1) is 16.6. The van der Waals surface area contributed by atoms with E-state index in [1.165, 1.54) is 19.3 Å². The van der Waals surface area contributed by atoms with E-state index in [-0.39, 0.29) is 12.1 Å². The molecule has 0 aliphatic carbocycles. The van der Waals surface area contributed by atoms with Gasteiger partial charge < -0.3 is 4.74 Å². The van der Waals surface area contributed by atoms with Gasteiger partial charge in [0.15, 0.2) is 0 Å². The first-order valence-corrected chi connectivity index (χ1v) is 7.98. The zero-order valence-corrected chi connectivity index (χ0v) is 14.0. The fourth-order valence-electron chi connectivity index (χ4n) is 1.83. The summed E-state index contributed by atoms with van der Waals surface area (Å²) in [7, 11) is 0. The van der Waals surface area contributed by atoms with Gasteiger partial charge in [-0.25, -0.2) is 4.79 Å². The van der Waals surface area contributed by atoms with Crippen molar-refractivity contribution in [3.63, 3.8) is 0 Å². The minimum atomic E-state index is -0.286. The normalized spacial score (nSPS) is 12.2. The van der Waals surface area contributed by atoms with Crippen LogP contribution in [0.15, 0.2) is 27.6 Å². The second-order valence-electron chi connectivity index (χ2n) is 4.73. The van der Waals surface area contributed by atoms with Crippen molar-refractivity contribution in [3.05, 3.63) is 28.2 Å². The van der Waals surface area contributed by atoms with Crippen molar-refractivity contribution in [1.29, 1.82) is 0 Å².